The lowest BCUT2D eigenvalue weighted by Gasteiger charge is -2.32. The van der Waals surface area contributed by atoms with Crippen LogP contribution in [0.2, 0.25) is 0 Å². The minimum atomic E-state index is 0.102. The van der Waals surface area contributed by atoms with Crippen molar-refractivity contribution in [3.8, 4) is 5.88 Å². The van der Waals surface area contributed by atoms with Gasteiger partial charge in [0.05, 0.1) is 17.2 Å². The zero-order chi connectivity index (χ0) is 16.1. The summed E-state index contributed by atoms with van der Waals surface area (Å²) in [6.45, 7) is 1.51. The summed E-state index contributed by atoms with van der Waals surface area (Å²) in [7, 11) is 0. The monoisotopic (exact) mass is 377 g/mol. The second-order valence-electron chi connectivity index (χ2n) is 5.69. The van der Waals surface area contributed by atoms with Gasteiger partial charge in [-0.1, -0.05) is 28.1 Å². The number of aromatic nitrogens is 2. The Morgan fingerprint density at radius 3 is 2.74 bits per heavy atom. The zero-order valence-electron chi connectivity index (χ0n) is 12.9. The van der Waals surface area contributed by atoms with E-state index in [-0.39, 0.29) is 12.0 Å². The van der Waals surface area contributed by atoms with E-state index in [0.717, 1.165) is 48.7 Å². The van der Waals surface area contributed by atoms with Gasteiger partial charge in [-0.3, -0.25) is 4.79 Å². The molecule has 122 valence electrons. The van der Waals surface area contributed by atoms with E-state index < -0.39 is 0 Å². The van der Waals surface area contributed by atoms with Crippen molar-refractivity contribution in [2.24, 2.45) is 0 Å². The van der Waals surface area contributed by atoms with Gasteiger partial charge in [0.25, 0.3) is 0 Å². The fraction of sp³-hybridized carbons (Fsp3) is 0.471. The number of halogens is 1. The van der Waals surface area contributed by atoms with Crippen molar-refractivity contribution in [1.29, 1.82) is 0 Å². The molecule has 1 aliphatic heterocycles. The Labute approximate surface area is 144 Å². The lowest BCUT2D eigenvalue weighted by molar-refractivity contribution is -0.133. The number of para-hydroxylation sites is 2. The summed E-state index contributed by atoms with van der Waals surface area (Å²) in [5.41, 5.74) is 1.71. The van der Waals surface area contributed by atoms with Gasteiger partial charge < -0.3 is 9.64 Å². The van der Waals surface area contributed by atoms with Gasteiger partial charge in [-0.25, -0.2) is 9.97 Å². The van der Waals surface area contributed by atoms with E-state index in [1.807, 2.05) is 29.2 Å². The van der Waals surface area contributed by atoms with Crippen molar-refractivity contribution in [1.82, 2.24) is 14.9 Å². The van der Waals surface area contributed by atoms with Gasteiger partial charge in [0.15, 0.2) is 0 Å². The first-order valence-corrected chi connectivity index (χ1v) is 9.10. The highest BCUT2D eigenvalue weighted by molar-refractivity contribution is 9.09. The van der Waals surface area contributed by atoms with E-state index in [4.69, 9.17) is 4.74 Å². The van der Waals surface area contributed by atoms with E-state index in [1.165, 1.54) is 0 Å². The van der Waals surface area contributed by atoms with Crippen LogP contribution in [-0.4, -0.2) is 45.3 Å². The summed E-state index contributed by atoms with van der Waals surface area (Å²) in [4.78, 5) is 22.8. The number of carbonyl (C=O) groups excluding carboxylic acids is 1. The van der Waals surface area contributed by atoms with E-state index in [9.17, 15) is 4.79 Å². The van der Waals surface area contributed by atoms with E-state index in [1.54, 1.807) is 6.20 Å². The van der Waals surface area contributed by atoms with Gasteiger partial charge in [0.1, 0.15) is 6.10 Å². The van der Waals surface area contributed by atoms with E-state index in [0.29, 0.717) is 12.3 Å². The largest absolute Gasteiger partial charge is 0.473 e. The summed E-state index contributed by atoms with van der Waals surface area (Å²) in [5.74, 6) is 0.807. The second kappa shape index (κ2) is 7.73. The molecule has 1 saturated heterocycles. The summed E-state index contributed by atoms with van der Waals surface area (Å²) in [6, 6.07) is 7.75. The molecule has 0 unspecified atom stereocenters. The number of alkyl halides is 1. The number of piperidine rings is 1. The van der Waals surface area contributed by atoms with E-state index in [2.05, 4.69) is 25.9 Å². The number of hydrogen-bond acceptors (Lipinski definition) is 4. The fourth-order valence-electron chi connectivity index (χ4n) is 2.77. The van der Waals surface area contributed by atoms with Gasteiger partial charge in [-0.15, -0.1) is 0 Å². The van der Waals surface area contributed by atoms with Crippen LogP contribution < -0.4 is 4.74 Å². The molecule has 0 bridgehead atoms. The molecule has 23 heavy (non-hydrogen) atoms. The fourth-order valence-corrected chi connectivity index (χ4v) is 3.05. The van der Waals surface area contributed by atoms with Gasteiger partial charge >= 0.3 is 0 Å². The third kappa shape index (κ3) is 4.19. The number of ether oxygens (including phenoxy) is 1. The smallest absolute Gasteiger partial charge is 0.233 e. The number of benzene rings is 1. The molecular weight excluding hydrogens is 358 g/mol. The highest BCUT2D eigenvalue weighted by Gasteiger charge is 2.23. The molecule has 6 heteroatoms. The van der Waals surface area contributed by atoms with Crippen LogP contribution in [0.5, 0.6) is 5.88 Å². The van der Waals surface area contributed by atoms with Gasteiger partial charge in [0, 0.05) is 37.7 Å². The molecule has 1 aliphatic rings. The minimum Gasteiger partial charge on any atom is -0.473 e. The zero-order valence-corrected chi connectivity index (χ0v) is 14.5. The number of amides is 1. The van der Waals surface area contributed by atoms with Gasteiger partial charge in [-0.2, -0.15) is 0 Å². The molecule has 0 N–H and O–H groups in total. The Morgan fingerprint density at radius 1 is 1.26 bits per heavy atom. The lowest BCUT2D eigenvalue weighted by atomic mass is 10.1. The standard InChI is InChI=1S/C17H20BrN3O2/c18-9-3-6-17(22)21-10-7-13(8-11-21)23-16-12-19-14-4-1-2-5-15(14)20-16/h1-2,4-5,12-13H,3,6-11H2. The third-order valence-electron chi connectivity index (χ3n) is 4.03. The topological polar surface area (TPSA) is 55.3 Å². The van der Waals surface area contributed by atoms with Crippen molar-refractivity contribution in [3.05, 3.63) is 30.5 Å². The van der Waals surface area contributed by atoms with Crippen molar-refractivity contribution >= 4 is 32.9 Å². The normalized spacial score (nSPS) is 15.8. The molecule has 1 amide bonds. The predicted octanol–water partition coefficient (Wildman–Crippen LogP) is 3.17. The lowest BCUT2D eigenvalue weighted by Crippen LogP contribution is -2.41. The van der Waals surface area contributed by atoms with Crippen LogP contribution in [0.4, 0.5) is 0 Å². The molecular formula is C17H20BrN3O2. The van der Waals surface area contributed by atoms with Crippen LogP contribution >= 0.6 is 15.9 Å². The predicted molar refractivity (Wildman–Crippen MR) is 92.8 cm³/mol. The number of carbonyl (C=O) groups is 1. The van der Waals surface area contributed by atoms with Crippen LogP contribution in [0.15, 0.2) is 30.5 Å². The number of rotatable bonds is 5. The van der Waals surface area contributed by atoms with Crippen molar-refractivity contribution in [3.63, 3.8) is 0 Å². The van der Waals surface area contributed by atoms with Crippen molar-refractivity contribution in [2.45, 2.75) is 31.8 Å². The Bertz CT molecular complexity index is 672. The summed E-state index contributed by atoms with van der Waals surface area (Å²) < 4.78 is 5.95. The molecule has 0 radical (unpaired) electrons. The quantitative estimate of drug-likeness (QED) is 0.750. The summed E-state index contributed by atoms with van der Waals surface area (Å²) in [6.07, 6.45) is 4.97. The number of hydrogen-bond donors (Lipinski definition) is 0. The first kappa shape index (κ1) is 16.2. The first-order valence-electron chi connectivity index (χ1n) is 7.98. The van der Waals surface area contributed by atoms with Crippen molar-refractivity contribution < 1.29 is 9.53 Å². The first-order chi connectivity index (χ1) is 11.3. The highest BCUT2D eigenvalue weighted by Crippen LogP contribution is 2.19. The van der Waals surface area contributed by atoms with Crippen LogP contribution in [0.1, 0.15) is 25.7 Å². The van der Waals surface area contributed by atoms with Crippen LogP contribution in [0.3, 0.4) is 0 Å². The van der Waals surface area contributed by atoms with Crippen LogP contribution in [0.25, 0.3) is 11.0 Å². The number of nitrogens with zero attached hydrogens (tertiary/aromatic N) is 3. The SMILES string of the molecule is O=C(CCCBr)N1CCC(Oc2cnc3ccccc3n2)CC1. The maximum absolute atomic E-state index is 12.0. The number of likely N-dealkylation sites (tertiary alicyclic amines) is 1. The Hall–Kier alpha value is -1.69. The average Bonchev–Trinajstić information content (AvgIpc) is 2.60. The molecule has 0 spiro atoms. The van der Waals surface area contributed by atoms with Gasteiger partial charge in [0.2, 0.25) is 11.8 Å². The Kier molecular flexibility index (Phi) is 5.43. The molecule has 2 heterocycles. The molecule has 3 rings (SSSR count). The van der Waals surface area contributed by atoms with E-state index >= 15 is 0 Å². The number of fused-ring (bicyclic) bond motifs is 1. The Morgan fingerprint density at radius 2 is 2.00 bits per heavy atom. The van der Waals surface area contributed by atoms with Gasteiger partial charge in [-0.05, 0) is 18.6 Å². The molecule has 2 aromatic rings. The van der Waals surface area contributed by atoms with Crippen LogP contribution in [-0.2, 0) is 4.79 Å². The average molecular weight is 378 g/mol. The molecule has 0 aliphatic carbocycles. The summed E-state index contributed by atoms with van der Waals surface area (Å²) in [5, 5.41) is 0.874. The molecule has 5 nitrogen and oxygen atoms in total. The van der Waals surface area contributed by atoms with Crippen LogP contribution in [0, 0.1) is 0 Å². The third-order valence-corrected chi connectivity index (χ3v) is 4.59. The molecule has 1 aromatic carbocycles. The Balaban J connectivity index is 1.54. The minimum absolute atomic E-state index is 0.102. The maximum atomic E-state index is 12.0. The maximum Gasteiger partial charge on any atom is 0.233 e. The highest BCUT2D eigenvalue weighted by atomic mass is 79.9. The van der Waals surface area contributed by atoms with Crippen molar-refractivity contribution in [2.75, 3.05) is 18.4 Å². The second-order valence-corrected chi connectivity index (χ2v) is 6.48. The molecule has 0 atom stereocenters. The molecule has 0 saturated carbocycles. The summed E-state index contributed by atoms with van der Waals surface area (Å²) >= 11 is 3.36. The molecule has 1 aromatic heterocycles. The molecule has 1 fully saturated rings.